The Balaban J connectivity index is 1.76. The summed E-state index contributed by atoms with van der Waals surface area (Å²) >= 11 is 1.81. The van der Waals surface area contributed by atoms with Crippen LogP contribution < -0.4 is 5.32 Å². The fourth-order valence-electron chi connectivity index (χ4n) is 2.71. The van der Waals surface area contributed by atoms with Gasteiger partial charge >= 0.3 is 0 Å². The minimum atomic E-state index is 0.687. The summed E-state index contributed by atoms with van der Waals surface area (Å²) in [5.41, 5.74) is 1.50. The van der Waals surface area contributed by atoms with E-state index in [-0.39, 0.29) is 0 Å². The molecule has 2 heterocycles. The van der Waals surface area contributed by atoms with Gasteiger partial charge in [-0.25, -0.2) is 0 Å². The molecule has 1 fully saturated rings. The summed E-state index contributed by atoms with van der Waals surface area (Å²) in [4.78, 5) is 2.64. The molecule has 1 N–H and O–H groups in total. The van der Waals surface area contributed by atoms with Crippen molar-refractivity contribution in [1.82, 2.24) is 10.2 Å². The van der Waals surface area contributed by atoms with Crippen molar-refractivity contribution in [2.24, 2.45) is 0 Å². The Morgan fingerprint density at radius 1 is 1.47 bits per heavy atom. The van der Waals surface area contributed by atoms with Gasteiger partial charge in [0.1, 0.15) is 0 Å². The molecule has 0 spiro atoms. The average molecular weight is 252 g/mol. The molecule has 0 bridgehead atoms. The quantitative estimate of drug-likeness (QED) is 0.867. The SMILES string of the molecule is CCNC1CCN(C(C)Cc2ccsc2)CC1. The lowest BCUT2D eigenvalue weighted by atomic mass is 10.0. The molecular formula is C14H24N2S. The van der Waals surface area contributed by atoms with Crippen LogP contribution in [0.25, 0.3) is 0 Å². The van der Waals surface area contributed by atoms with E-state index < -0.39 is 0 Å². The lowest BCUT2D eigenvalue weighted by molar-refractivity contribution is 0.152. The third-order valence-corrected chi connectivity index (χ3v) is 4.49. The number of likely N-dealkylation sites (tertiary alicyclic amines) is 1. The summed E-state index contributed by atoms with van der Waals surface area (Å²) in [6, 6.07) is 3.70. The Morgan fingerprint density at radius 3 is 2.82 bits per heavy atom. The maximum Gasteiger partial charge on any atom is 0.0108 e. The summed E-state index contributed by atoms with van der Waals surface area (Å²) in [6.07, 6.45) is 3.82. The number of nitrogens with one attached hydrogen (secondary N) is 1. The molecule has 1 aromatic rings. The van der Waals surface area contributed by atoms with Crippen molar-refractivity contribution >= 4 is 11.3 Å². The number of piperidine rings is 1. The highest BCUT2D eigenvalue weighted by Gasteiger charge is 2.22. The molecule has 96 valence electrons. The topological polar surface area (TPSA) is 15.3 Å². The van der Waals surface area contributed by atoms with E-state index in [1.807, 2.05) is 0 Å². The van der Waals surface area contributed by atoms with Gasteiger partial charge in [-0.2, -0.15) is 11.3 Å². The Bertz CT molecular complexity index is 302. The Hall–Kier alpha value is -0.380. The van der Waals surface area contributed by atoms with Crippen LogP contribution in [0, 0.1) is 0 Å². The minimum Gasteiger partial charge on any atom is -0.314 e. The zero-order valence-electron chi connectivity index (χ0n) is 11.0. The molecule has 17 heavy (non-hydrogen) atoms. The highest BCUT2D eigenvalue weighted by atomic mass is 32.1. The van der Waals surface area contributed by atoms with E-state index in [1.54, 1.807) is 11.3 Å². The van der Waals surface area contributed by atoms with Crippen molar-refractivity contribution in [2.75, 3.05) is 19.6 Å². The molecule has 2 rings (SSSR count). The maximum absolute atomic E-state index is 3.56. The van der Waals surface area contributed by atoms with Gasteiger partial charge < -0.3 is 10.2 Å². The summed E-state index contributed by atoms with van der Waals surface area (Å²) < 4.78 is 0. The fourth-order valence-corrected chi connectivity index (χ4v) is 3.39. The van der Waals surface area contributed by atoms with E-state index in [9.17, 15) is 0 Å². The minimum absolute atomic E-state index is 0.687. The largest absolute Gasteiger partial charge is 0.314 e. The van der Waals surface area contributed by atoms with Gasteiger partial charge in [0.25, 0.3) is 0 Å². The maximum atomic E-state index is 3.56. The van der Waals surface area contributed by atoms with Gasteiger partial charge in [-0.1, -0.05) is 6.92 Å². The Labute approximate surface area is 109 Å². The zero-order valence-corrected chi connectivity index (χ0v) is 11.8. The van der Waals surface area contributed by atoms with Crippen molar-refractivity contribution in [1.29, 1.82) is 0 Å². The number of hydrogen-bond donors (Lipinski definition) is 1. The van der Waals surface area contributed by atoms with Gasteiger partial charge in [-0.3, -0.25) is 0 Å². The van der Waals surface area contributed by atoms with Crippen LogP contribution in [0.2, 0.25) is 0 Å². The van der Waals surface area contributed by atoms with Gasteiger partial charge in [-0.15, -0.1) is 0 Å². The third kappa shape index (κ3) is 3.80. The first kappa shape index (κ1) is 13.1. The molecule has 2 nitrogen and oxygen atoms in total. The standard InChI is InChI=1S/C14H24N2S/c1-3-15-14-4-7-16(8-5-14)12(2)10-13-6-9-17-11-13/h6,9,11-12,14-15H,3-5,7-8,10H2,1-2H3. The Kier molecular flexibility index (Phi) is 5.01. The predicted octanol–water partition coefficient (Wildman–Crippen LogP) is 2.75. The van der Waals surface area contributed by atoms with E-state index in [2.05, 4.69) is 40.9 Å². The molecule has 0 radical (unpaired) electrons. The van der Waals surface area contributed by atoms with E-state index in [1.165, 1.54) is 37.9 Å². The van der Waals surface area contributed by atoms with Gasteiger partial charge in [0.05, 0.1) is 0 Å². The van der Waals surface area contributed by atoms with Crippen LogP contribution in [-0.2, 0) is 6.42 Å². The number of rotatable bonds is 5. The molecule has 0 aromatic carbocycles. The monoisotopic (exact) mass is 252 g/mol. The summed E-state index contributed by atoms with van der Waals surface area (Å²) in [6.45, 7) is 8.18. The highest BCUT2D eigenvalue weighted by Crippen LogP contribution is 2.17. The van der Waals surface area contributed by atoms with Crippen molar-refractivity contribution < 1.29 is 0 Å². The molecule has 1 unspecified atom stereocenters. The molecule has 3 heteroatoms. The molecule has 1 atom stereocenters. The fraction of sp³-hybridized carbons (Fsp3) is 0.714. The van der Waals surface area contributed by atoms with Crippen LogP contribution in [0.5, 0.6) is 0 Å². The first-order valence-corrected chi connectivity index (χ1v) is 7.72. The molecule has 1 aliphatic rings. The second-order valence-corrected chi connectivity index (χ2v) is 5.83. The van der Waals surface area contributed by atoms with E-state index >= 15 is 0 Å². The predicted molar refractivity (Wildman–Crippen MR) is 75.8 cm³/mol. The molecule has 1 saturated heterocycles. The first-order chi connectivity index (χ1) is 8.29. The molecule has 0 aliphatic carbocycles. The first-order valence-electron chi connectivity index (χ1n) is 6.78. The van der Waals surface area contributed by atoms with Crippen molar-refractivity contribution in [3.05, 3.63) is 22.4 Å². The van der Waals surface area contributed by atoms with Crippen LogP contribution in [0.1, 0.15) is 32.3 Å². The molecule has 1 aliphatic heterocycles. The van der Waals surface area contributed by atoms with E-state index in [0.717, 1.165) is 12.6 Å². The second kappa shape index (κ2) is 6.53. The van der Waals surface area contributed by atoms with Crippen molar-refractivity contribution in [2.45, 2.75) is 45.2 Å². The summed E-state index contributed by atoms with van der Waals surface area (Å²) in [7, 11) is 0. The number of thiophene rings is 1. The average Bonchev–Trinajstić information content (AvgIpc) is 2.83. The van der Waals surface area contributed by atoms with Gasteiger partial charge in [0.15, 0.2) is 0 Å². The van der Waals surface area contributed by atoms with Crippen molar-refractivity contribution in [3.63, 3.8) is 0 Å². The molecule has 1 aromatic heterocycles. The summed E-state index contributed by atoms with van der Waals surface area (Å²) in [5.74, 6) is 0. The van der Waals surface area contributed by atoms with Crippen molar-refractivity contribution in [3.8, 4) is 0 Å². The van der Waals surface area contributed by atoms with E-state index in [0.29, 0.717) is 6.04 Å². The van der Waals surface area contributed by atoms with Gasteiger partial charge in [0, 0.05) is 12.1 Å². The lowest BCUT2D eigenvalue weighted by Crippen LogP contribution is -2.46. The third-order valence-electron chi connectivity index (χ3n) is 3.76. The van der Waals surface area contributed by atoms with Gasteiger partial charge in [-0.05, 0) is 68.2 Å². The highest BCUT2D eigenvalue weighted by molar-refractivity contribution is 7.07. The van der Waals surface area contributed by atoms with Crippen LogP contribution in [0.15, 0.2) is 16.8 Å². The molecular weight excluding hydrogens is 228 g/mol. The second-order valence-electron chi connectivity index (χ2n) is 5.05. The van der Waals surface area contributed by atoms with Crippen LogP contribution >= 0.6 is 11.3 Å². The molecule has 0 amide bonds. The van der Waals surface area contributed by atoms with Crippen LogP contribution in [-0.4, -0.2) is 36.6 Å². The summed E-state index contributed by atoms with van der Waals surface area (Å²) in [5, 5.41) is 8.02. The Morgan fingerprint density at radius 2 is 2.24 bits per heavy atom. The van der Waals surface area contributed by atoms with Crippen LogP contribution in [0.3, 0.4) is 0 Å². The normalized spacial score (nSPS) is 20.6. The number of hydrogen-bond acceptors (Lipinski definition) is 3. The lowest BCUT2D eigenvalue weighted by Gasteiger charge is -2.36. The smallest absolute Gasteiger partial charge is 0.0108 e. The van der Waals surface area contributed by atoms with E-state index in [4.69, 9.17) is 0 Å². The molecule has 0 saturated carbocycles. The van der Waals surface area contributed by atoms with Gasteiger partial charge in [0.2, 0.25) is 0 Å². The zero-order chi connectivity index (χ0) is 12.1. The van der Waals surface area contributed by atoms with Crippen LogP contribution in [0.4, 0.5) is 0 Å². The number of nitrogens with zero attached hydrogens (tertiary/aromatic N) is 1.